The lowest BCUT2D eigenvalue weighted by Gasteiger charge is -2.28. The number of aromatic nitrogens is 1. The van der Waals surface area contributed by atoms with Gasteiger partial charge in [-0.2, -0.15) is 0 Å². The van der Waals surface area contributed by atoms with E-state index in [2.05, 4.69) is 5.16 Å². The predicted molar refractivity (Wildman–Crippen MR) is 77.8 cm³/mol. The summed E-state index contributed by atoms with van der Waals surface area (Å²) in [5.41, 5.74) is 1.34. The Morgan fingerprint density at radius 3 is 2.59 bits per heavy atom. The molecule has 0 unspecified atom stereocenters. The van der Waals surface area contributed by atoms with E-state index < -0.39 is 15.8 Å². The molecule has 0 bridgehead atoms. The Balaban J connectivity index is 1.88. The van der Waals surface area contributed by atoms with Crippen molar-refractivity contribution in [1.82, 2.24) is 5.16 Å². The van der Waals surface area contributed by atoms with Crippen LogP contribution in [0.3, 0.4) is 0 Å². The molecule has 1 N–H and O–H groups in total. The van der Waals surface area contributed by atoms with Crippen molar-refractivity contribution in [2.24, 2.45) is 0 Å². The van der Waals surface area contributed by atoms with Gasteiger partial charge < -0.3 is 14.5 Å². The zero-order valence-corrected chi connectivity index (χ0v) is 12.6. The molecule has 22 heavy (non-hydrogen) atoms. The molecule has 7 nitrogen and oxygen atoms in total. The molecule has 1 aliphatic rings. The molecule has 1 aliphatic heterocycles. The third-order valence-electron chi connectivity index (χ3n) is 3.66. The first kappa shape index (κ1) is 14.6. The minimum Gasteiger partial charge on any atom is -0.476 e. The van der Waals surface area contributed by atoms with Gasteiger partial charge in [-0.05, 0) is 24.3 Å². The van der Waals surface area contributed by atoms with Crippen molar-refractivity contribution in [3.8, 4) is 0 Å². The first-order valence-electron chi connectivity index (χ1n) is 6.62. The van der Waals surface area contributed by atoms with E-state index in [9.17, 15) is 13.2 Å². The van der Waals surface area contributed by atoms with Gasteiger partial charge in [0.2, 0.25) is 0 Å². The molecule has 0 aliphatic carbocycles. The van der Waals surface area contributed by atoms with Crippen LogP contribution in [0.25, 0.3) is 0 Å². The first-order chi connectivity index (χ1) is 10.4. The largest absolute Gasteiger partial charge is 0.476 e. The summed E-state index contributed by atoms with van der Waals surface area (Å²) >= 11 is 0. The van der Waals surface area contributed by atoms with E-state index in [1.807, 2.05) is 4.90 Å². The Hall–Kier alpha value is -2.35. The van der Waals surface area contributed by atoms with Crippen LogP contribution in [-0.4, -0.2) is 37.5 Å². The number of hydrogen-bond donors (Lipinski definition) is 1. The quantitative estimate of drug-likeness (QED) is 0.910. The van der Waals surface area contributed by atoms with Crippen LogP contribution in [0.5, 0.6) is 0 Å². The highest BCUT2D eigenvalue weighted by atomic mass is 32.2. The summed E-state index contributed by atoms with van der Waals surface area (Å²) in [7, 11) is -3.23. The van der Waals surface area contributed by atoms with Gasteiger partial charge in [0.05, 0.1) is 4.90 Å². The minimum absolute atomic E-state index is 0.0625. The fraction of sp³-hybridized carbons (Fsp3) is 0.286. The van der Waals surface area contributed by atoms with Gasteiger partial charge in [-0.15, -0.1) is 0 Å². The zero-order valence-electron chi connectivity index (χ0n) is 11.8. The third kappa shape index (κ3) is 2.57. The zero-order chi connectivity index (χ0) is 15.9. The number of benzene rings is 1. The molecule has 116 valence electrons. The van der Waals surface area contributed by atoms with Crippen LogP contribution >= 0.6 is 0 Å². The molecule has 2 aromatic rings. The van der Waals surface area contributed by atoms with Crippen LogP contribution in [0.2, 0.25) is 0 Å². The third-order valence-corrected chi connectivity index (χ3v) is 4.79. The lowest BCUT2D eigenvalue weighted by atomic mass is 10.1. The van der Waals surface area contributed by atoms with Crippen LogP contribution in [0.4, 0.5) is 5.69 Å². The van der Waals surface area contributed by atoms with E-state index in [1.54, 1.807) is 24.3 Å². The lowest BCUT2D eigenvalue weighted by molar-refractivity contribution is 0.0684. The predicted octanol–water partition coefficient (Wildman–Crippen LogP) is 1.34. The summed E-state index contributed by atoms with van der Waals surface area (Å²) in [6.45, 7) is 1.03. The van der Waals surface area contributed by atoms with E-state index in [0.29, 0.717) is 30.8 Å². The van der Waals surface area contributed by atoms with E-state index in [1.165, 1.54) is 0 Å². The highest BCUT2D eigenvalue weighted by Crippen LogP contribution is 2.27. The minimum atomic E-state index is -3.23. The number of carbonyl (C=O) groups is 1. The second-order valence-corrected chi connectivity index (χ2v) is 7.19. The first-order valence-corrected chi connectivity index (χ1v) is 8.51. The van der Waals surface area contributed by atoms with Gasteiger partial charge in [-0.25, -0.2) is 13.2 Å². The van der Waals surface area contributed by atoms with E-state index >= 15 is 0 Å². The van der Waals surface area contributed by atoms with E-state index in [4.69, 9.17) is 9.63 Å². The van der Waals surface area contributed by atoms with Gasteiger partial charge in [-0.1, -0.05) is 5.16 Å². The molecule has 1 aromatic carbocycles. The topological polar surface area (TPSA) is 101 Å². The fourth-order valence-electron chi connectivity index (χ4n) is 2.50. The number of hydrogen-bond acceptors (Lipinski definition) is 6. The van der Waals surface area contributed by atoms with Crippen molar-refractivity contribution in [2.45, 2.75) is 17.9 Å². The molecule has 0 saturated heterocycles. The summed E-state index contributed by atoms with van der Waals surface area (Å²) in [6, 6.07) is 6.53. The van der Waals surface area contributed by atoms with Gasteiger partial charge in [-0.3, -0.25) is 0 Å². The molecule has 0 amide bonds. The number of nitrogens with zero attached hydrogens (tertiary/aromatic N) is 2. The van der Waals surface area contributed by atoms with Crippen molar-refractivity contribution >= 4 is 21.5 Å². The van der Waals surface area contributed by atoms with Crippen LogP contribution in [0.1, 0.15) is 21.8 Å². The standard InChI is InChI=1S/C14H14N2O5S/c1-22(19,20)10-4-2-9(3-5-10)16-7-6-12-11(8-16)13(14(17)18)15-21-12/h2-5H,6-8H2,1H3,(H,17,18). The van der Waals surface area contributed by atoms with E-state index in [0.717, 1.165) is 11.9 Å². The summed E-state index contributed by atoms with van der Waals surface area (Å²) in [5, 5.41) is 12.7. The summed E-state index contributed by atoms with van der Waals surface area (Å²) in [5.74, 6) is -0.513. The highest BCUT2D eigenvalue weighted by Gasteiger charge is 2.27. The van der Waals surface area contributed by atoms with Gasteiger partial charge in [0.1, 0.15) is 5.76 Å². The second kappa shape index (κ2) is 5.13. The Labute approximate surface area is 127 Å². The molecule has 0 fully saturated rings. The van der Waals surface area contributed by atoms with Crippen LogP contribution in [0, 0.1) is 0 Å². The van der Waals surface area contributed by atoms with Crippen molar-refractivity contribution in [2.75, 3.05) is 17.7 Å². The lowest BCUT2D eigenvalue weighted by Crippen LogP contribution is -2.30. The maximum absolute atomic E-state index is 11.5. The molecule has 0 atom stereocenters. The Kier molecular flexibility index (Phi) is 3.40. The summed E-state index contributed by atoms with van der Waals surface area (Å²) in [4.78, 5) is 13.3. The van der Waals surface area contributed by atoms with Crippen LogP contribution in [-0.2, 0) is 22.8 Å². The molecule has 2 heterocycles. The maximum atomic E-state index is 11.5. The van der Waals surface area contributed by atoms with Crippen molar-refractivity contribution in [3.63, 3.8) is 0 Å². The number of rotatable bonds is 3. The Morgan fingerprint density at radius 2 is 2.00 bits per heavy atom. The fourth-order valence-corrected chi connectivity index (χ4v) is 3.13. The molecular weight excluding hydrogens is 308 g/mol. The van der Waals surface area contributed by atoms with Crippen LogP contribution < -0.4 is 4.90 Å². The number of carboxylic acid groups (broad SMARTS) is 1. The van der Waals surface area contributed by atoms with Crippen molar-refractivity contribution in [1.29, 1.82) is 0 Å². The average Bonchev–Trinajstić information content (AvgIpc) is 2.89. The average molecular weight is 322 g/mol. The molecule has 0 saturated carbocycles. The molecule has 0 radical (unpaired) electrons. The second-order valence-electron chi connectivity index (χ2n) is 5.18. The van der Waals surface area contributed by atoms with E-state index in [-0.39, 0.29) is 10.6 Å². The van der Waals surface area contributed by atoms with Crippen molar-refractivity contribution in [3.05, 3.63) is 41.3 Å². The summed E-state index contributed by atoms with van der Waals surface area (Å²) < 4.78 is 28.0. The van der Waals surface area contributed by atoms with Gasteiger partial charge >= 0.3 is 5.97 Å². The number of carboxylic acids is 1. The maximum Gasteiger partial charge on any atom is 0.358 e. The molecule has 0 spiro atoms. The Morgan fingerprint density at radius 1 is 1.32 bits per heavy atom. The van der Waals surface area contributed by atoms with Gasteiger partial charge in [0, 0.05) is 37.0 Å². The monoisotopic (exact) mass is 322 g/mol. The molecule has 8 heteroatoms. The smallest absolute Gasteiger partial charge is 0.358 e. The van der Waals surface area contributed by atoms with Crippen molar-refractivity contribution < 1.29 is 22.8 Å². The molecular formula is C14H14N2O5S. The number of aromatic carboxylic acids is 1. The van der Waals surface area contributed by atoms with Gasteiger partial charge in [0.15, 0.2) is 15.5 Å². The number of fused-ring (bicyclic) bond motifs is 1. The van der Waals surface area contributed by atoms with Crippen LogP contribution in [0.15, 0.2) is 33.7 Å². The van der Waals surface area contributed by atoms with Gasteiger partial charge in [0.25, 0.3) is 0 Å². The Bertz CT molecular complexity index is 823. The SMILES string of the molecule is CS(=O)(=O)c1ccc(N2CCc3onc(C(=O)O)c3C2)cc1. The normalized spacial score (nSPS) is 14.7. The number of anilines is 1. The number of sulfone groups is 1. The molecule has 3 rings (SSSR count). The molecule has 1 aromatic heterocycles. The summed E-state index contributed by atoms with van der Waals surface area (Å²) in [6.07, 6.45) is 1.72. The highest BCUT2D eigenvalue weighted by molar-refractivity contribution is 7.90.